The van der Waals surface area contributed by atoms with Crippen LogP contribution in [0.4, 0.5) is 0 Å². The highest BCUT2D eigenvalue weighted by molar-refractivity contribution is 9.10. The minimum absolute atomic E-state index is 0.232. The number of halogens is 1. The minimum atomic E-state index is 0.232. The summed E-state index contributed by atoms with van der Waals surface area (Å²) >= 11 is 5.57. The highest BCUT2D eigenvalue weighted by Gasteiger charge is 2.26. The highest BCUT2D eigenvalue weighted by Crippen LogP contribution is 2.33. The van der Waals surface area contributed by atoms with E-state index >= 15 is 0 Å². The molecule has 2 rings (SSSR count). The first-order valence-corrected chi connectivity index (χ1v) is 8.39. The molecule has 0 aromatic heterocycles. The van der Waals surface area contributed by atoms with Gasteiger partial charge in [-0.15, -0.1) is 0 Å². The van der Waals surface area contributed by atoms with Crippen molar-refractivity contribution in [1.29, 1.82) is 0 Å². The third-order valence-corrected chi connectivity index (χ3v) is 5.12. The average Bonchev–Trinajstić information content (AvgIpc) is 2.40. The number of hydrogen-bond acceptors (Lipinski definition) is 4. The van der Waals surface area contributed by atoms with Crippen LogP contribution in [0.15, 0.2) is 22.7 Å². The van der Waals surface area contributed by atoms with E-state index in [1.165, 1.54) is 11.3 Å². The van der Waals surface area contributed by atoms with Crippen LogP contribution >= 0.6 is 27.7 Å². The predicted octanol–water partition coefficient (Wildman–Crippen LogP) is 2.89. The molecular formula is C14H21BrN2OS. The van der Waals surface area contributed by atoms with Crippen molar-refractivity contribution in [3.8, 4) is 5.75 Å². The normalized spacial score (nSPS) is 22.2. The third kappa shape index (κ3) is 3.66. The summed E-state index contributed by atoms with van der Waals surface area (Å²) in [5, 5.41) is 0.668. The fraction of sp³-hybridized carbons (Fsp3) is 0.571. The zero-order valence-electron chi connectivity index (χ0n) is 11.4. The first kappa shape index (κ1) is 15.2. The van der Waals surface area contributed by atoms with E-state index in [9.17, 15) is 0 Å². The highest BCUT2D eigenvalue weighted by atomic mass is 79.9. The van der Waals surface area contributed by atoms with Crippen molar-refractivity contribution < 1.29 is 4.74 Å². The molecule has 0 saturated carbocycles. The molecule has 19 heavy (non-hydrogen) atoms. The Kier molecular flexibility index (Phi) is 5.57. The first-order valence-electron chi connectivity index (χ1n) is 6.55. The van der Waals surface area contributed by atoms with Gasteiger partial charge in [0, 0.05) is 40.7 Å². The molecule has 1 aliphatic heterocycles. The number of rotatable bonds is 4. The molecule has 1 aromatic rings. The summed E-state index contributed by atoms with van der Waals surface area (Å²) in [5.41, 5.74) is 7.21. The standard InChI is InChI=1S/C14H21BrN2OS/c1-10-9-17(5-6-19-10)13(8-16)12-7-11(15)3-4-14(12)18-2/h3-4,7,10,13H,5-6,8-9,16H2,1-2H3. The summed E-state index contributed by atoms with van der Waals surface area (Å²) in [6.07, 6.45) is 0. The summed E-state index contributed by atoms with van der Waals surface area (Å²) in [6.45, 7) is 5.07. The van der Waals surface area contributed by atoms with Gasteiger partial charge in [0.1, 0.15) is 5.75 Å². The molecule has 0 amide bonds. The Morgan fingerprint density at radius 1 is 1.58 bits per heavy atom. The molecule has 106 valence electrons. The fourth-order valence-electron chi connectivity index (χ4n) is 2.57. The molecule has 3 nitrogen and oxygen atoms in total. The second-order valence-corrected chi connectivity index (χ2v) is 7.28. The number of benzene rings is 1. The Bertz CT molecular complexity index is 430. The van der Waals surface area contributed by atoms with Gasteiger partial charge in [0.05, 0.1) is 13.2 Å². The number of methoxy groups -OCH3 is 1. The van der Waals surface area contributed by atoms with Gasteiger partial charge in [0.15, 0.2) is 0 Å². The Morgan fingerprint density at radius 2 is 2.37 bits per heavy atom. The second-order valence-electron chi connectivity index (χ2n) is 4.81. The molecule has 0 aliphatic carbocycles. The van der Waals surface area contributed by atoms with E-state index in [1.807, 2.05) is 23.9 Å². The van der Waals surface area contributed by atoms with Crippen LogP contribution in [0.5, 0.6) is 5.75 Å². The summed E-state index contributed by atoms with van der Waals surface area (Å²) in [4.78, 5) is 2.48. The van der Waals surface area contributed by atoms with Gasteiger partial charge in [0.2, 0.25) is 0 Å². The molecule has 1 aliphatic rings. The van der Waals surface area contributed by atoms with Gasteiger partial charge in [-0.1, -0.05) is 22.9 Å². The van der Waals surface area contributed by atoms with Gasteiger partial charge >= 0.3 is 0 Å². The van der Waals surface area contributed by atoms with Crippen molar-refractivity contribution in [3.05, 3.63) is 28.2 Å². The Labute approximate surface area is 128 Å². The number of thioether (sulfide) groups is 1. The summed E-state index contributed by atoms with van der Waals surface area (Å²) in [5.74, 6) is 2.10. The first-order chi connectivity index (χ1) is 9.15. The quantitative estimate of drug-likeness (QED) is 0.911. The molecule has 0 bridgehead atoms. The summed E-state index contributed by atoms with van der Waals surface area (Å²) in [6, 6.07) is 6.37. The molecule has 2 atom stereocenters. The maximum Gasteiger partial charge on any atom is 0.123 e. The van der Waals surface area contributed by atoms with Crippen molar-refractivity contribution in [1.82, 2.24) is 4.90 Å². The SMILES string of the molecule is COc1ccc(Br)cc1C(CN)N1CCSC(C)C1. The van der Waals surface area contributed by atoms with Gasteiger partial charge in [-0.25, -0.2) is 0 Å². The van der Waals surface area contributed by atoms with Crippen LogP contribution in [0, 0.1) is 0 Å². The molecule has 2 N–H and O–H groups in total. The lowest BCUT2D eigenvalue weighted by Crippen LogP contribution is -2.42. The molecule has 0 spiro atoms. The van der Waals surface area contributed by atoms with Gasteiger partial charge < -0.3 is 10.5 Å². The zero-order chi connectivity index (χ0) is 13.8. The van der Waals surface area contributed by atoms with Crippen LogP contribution in [0.2, 0.25) is 0 Å². The maximum absolute atomic E-state index is 6.04. The fourth-order valence-corrected chi connectivity index (χ4v) is 3.98. The Morgan fingerprint density at radius 3 is 3.00 bits per heavy atom. The van der Waals surface area contributed by atoms with Gasteiger partial charge in [-0.3, -0.25) is 4.90 Å². The largest absolute Gasteiger partial charge is 0.496 e. The van der Waals surface area contributed by atoms with Crippen molar-refractivity contribution >= 4 is 27.7 Å². The van der Waals surface area contributed by atoms with E-state index in [0.29, 0.717) is 11.8 Å². The van der Waals surface area contributed by atoms with Crippen molar-refractivity contribution in [2.45, 2.75) is 18.2 Å². The molecular weight excluding hydrogens is 324 g/mol. The van der Waals surface area contributed by atoms with Crippen molar-refractivity contribution in [2.75, 3.05) is 32.5 Å². The smallest absolute Gasteiger partial charge is 0.123 e. The Balaban J connectivity index is 2.27. The van der Waals surface area contributed by atoms with Crippen molar-refractivity contribution in [3.63, 3.8) is 0 Å². The molecule has 1 fully saturated rings. The monoisotopic (exact) mass is 344 g/mol. The van der Waals surface area contributed by atoms with E-state index in [2.05, 4.69) is 33.8 Å². The number of nitrogens with two attached hydrogens (primary N) is 1. The van der Waals surface area contributed by atoms with E-state index < -0.39 is 0 Å². The van der Waals surface area contributed by atoms with Crippen LogP contribution in [-0.4, -0.2) is 42.6 Å². The van der Waals surface area contributed by atoms with E-state index in [4.69, 9.17) is 10.5 Å². The number of hydrogen-bond donors (Lipinski definition) is 1. The Hall–Kier alpha value is -0.230. The lowest BCUT2D eigenvalue weighted by molar-refractivity contribution is 0.207. The maximum atomic E-state index is 6.04. The lowest BCUT2D eigenvalue weighted by Gasteiger charge is -2.37. The number of ether oxygens (including phenoxy) is 1. The molecule has 1 saturated heterocycles. The second kappa shape index (κ2) is 6.97. The van der Waals surface area contributed by atoms with Crippen LogP contribution in [0.3, 0.4) is 0 Å². The van der Waals surface area contributed by atoms with E-state index in [1.54, 1.807) is 7.11 Å². The lowest BCUT2D eigenvalue weighted by atomic mass is 10.0. The van der Waals surface area contributed by atoms with Crippen molar-refractivity contribution in [2.24, 2.45) is 5.73 Å². The van der Waals surface area contributed by atoms with E-state index in [0.717, 1.165) is 23.3 Å². The average molecular weight is 345 g/mol. The molecule has 2 unspecified atom stereocenters. The summed E-state index contributed by atoms with van der Waals surface area (Å²) < 4.78 is 6.56. The number of nitrogens with zero attached hydrogens (tertiary/aromatic N) is 1. The van der Waals surface area contributed by atoms with E-state index in [-0.39, 0.29) is 6.04 Å². The zero-order valence-corrected chi connectivity index (χ0v) is 13.8. The van der Waals surface area contributed by atoms with Gasteiger partial charge in [-0.05, 0) is 18.2 Å². The molecule has 1 aromatic carbocycles. The molecule has 0 radical (unpaired) electrons. The molecule has 1 heterocycles. The minimum Gasteiger partial charge on any atom is -0.496 e. The topological polar surface area (TPSA) is 38.5 Å². The summed E-state index contributed by atoms with van der Waals surface area (Å²) in [7, 11) is 1.72. The van der Waals surface area contributed by atoms with Crippen LogP contribution in [0.1, 0.15) is 18.5 Å². The molecule has 5 heteroatoms. The van der Waals surface area contributed by atoms with Crippen LogP contribution in [0.25, 0.3) is 0 Å². The predicted molar refractivity (Wildman–Crippen MR) is 86.0 cm³/mol. The van der Waals surface area contributed by atoms with Gasteiger partial charge in [-0.2, -0.15) is 11.8 Å². The van der Waals surface area contributed by atoms with Crippen LogP contribution in [-0.2, 0) is 0 Å². The van der Waals surface area contributed by atoms with Gasteiger partial charge in [0.25, 0.3) is 0 Å². The van der Waals surface area contributed by atoms with Crippen LogP contribution < -0.4 is 10.5 Å². The third-order valence-electron chi connectivity index (χ3n) is 3.49.